The maximum absolute atomic E-state index is 12.9. The van der Waals surface area contributed by atoms with Crippen molar-refractivity contribution in [1.29, 1.82) is 0 Å². The number of hydrogen-bond acceptors (Lipinski definition) is 3. The minimum atomic E-state index is -0.902. The number of ketones is 1. The molecule has 3 aromatic rings. The van der Waals surface area contributed by atoms with Gasteiger partial charge in [0.15, 0.2) is 6.10 Å². The molecule has 1 N–H and O–H groups in total. The van der Waals surface area contributed by atoms with Gasteiger partial charge in [-0.25, -0.2) is 4.39 Å². The minimum absolute atomic E-state index is 0.183. The van der Waals surface area contributed by atoms with Gasteiger partial charge in [0.2, 0.25) is 5.78 Å². The monoisotopic (exact) mass is 339 g/mol. The standard InChI is InChI=1S/C20H18FNO3/c1-13(20(24)14-6-9-16(21)10-7-14)25-19(23)11-8-15-12-22-18-5-3-2-4-17(15)18/h2-7,9-10,12-13,22H,8,11H2,1H3/t13-/m0/s1. The average Bonchev–Trinajstić information content (AvgIpc) is 3.03. The molecule has 0 amide bonds. The fourth-order valence-corrected chi connectivity index (χ4v) is 2.73. The number of nitrogens with one attached hydrogen (secondary N) is 1. The molecule has 0 bridgehead atoms. The number of benzene rings is 2. The second-order valence-corrected chi connectivity index (χ2v) is 5.86. The van der Waals surface area contributed by atoms with Crippen LogP contribution >= 0.6 is 0 Å². The van der Waals surface area contributed by atoms with Crippen molar-refractivity contribution in [2.75, 3.05) is 0 Å². The van der Waals surface area contributed by atoms with Gasteiger partial charge in [-0.05, 0) is 49.2 Å². The number of aryl methyl sites for hydroxylation is 1. The van der Waals surface area contributed by atoms with Gasteiger partial charge in [0.1, 0.15) is 5.82 Å². The van der Waals surface area contributed by atoms with E-state index in [2.05, 4.69) is 4.98 Å². The summed E-state index contributed by atoms with van der Waals surface area (Å²) in [6.07, 6.45) is 1.69. The first-order chi connectivity index (χ1) is 12.0. The molecule has 1 aromatic heterocycles. The molecule has 2 aromatic carbocycles. The number of halogens is 1. The molecule has 0 saturated carbocycles. The molecular weight excluding hydrogens is 321 g/mol. The van der Waals surface area contributed by atoms with Crippen LogP contribution in [-0.2, 0) is 16.0 Å². The topological polar surface area (TPSA) is 59.2 Å². The van der Waals surface area contributed by atoms with Crippen LogP contribution in [0.25, 0.3) is 10.9 Å². The van der Waals surface area contributed by atoms with Crippen LogP contribution in [0.3, 0.4) is 0 Å². The van der Waals surface area contributed by atoms with E-state index in [1.54, 1.807) is 0 Å². The predicted octanol–water partition coefficient (Wildman–Crippen LogP) is 4.05. The van der Waals surface area contributed by atoms with Gasteiger partial charge in [-0.2, -0.15) is 0 Å². The maximum atomic E-state index is 12.9. The molecule has 0 aliphatic carbocycles. The summed E-state index contributed by atoms with van der Waals surface area (Å²) in [4.78, 5) is 27.4. The Kier molecular flexibility index (Phi) is 4.93. The molecule has 0 unspecified atom stereocenters. The number of carbonyl (C=O) groups is 2. The van der Waals surface area contributed by atoms with E-state index in [0.29, 0.717) is 12.0 Å². The second kappa shape index (κ2) is 7.30. The Morgan fingerprint density at radius 3 is 2.60 bits per heavy atom. The number of ether oxygens (including phenoxy) is 1. The first-order valence-corrected chi connectivity index (χ1v) is 8.09. The van der Waals surface area contributed by atoms with Crippen molar-refractivity contribution in [2.45, 2.75) is 25.9 Å². The Morgan fingerprint density at radius 2 is 1.84 bits per heavy atom. The highest BCUT2D eigenvalue weighted by atomic mass is 19.1. The largest absolute Gasteiger partial charge is 0.454 e. The normalized spacial score (nSPS) is 12.1. The van der Waals surface area contributed by atoms with E-state index in [-0.39, 0.29) is 12.2 Å². The Labute approximate surface area is 144 Å². The molecule has 128 valence electrons. The van der Waals surface area contributed by atoms with Gasteiger partial charge < -0.3 is 9.72 Å². The molecule has 0 spiro atoms. The summed E-state index contributed by atoms with van der Waals surface area (Å²) in [5.41, 5.74) is 2.37. The lowest BCUT2D eigenvalue weighted by atomic mass is 10.1. The van der Waals surface area contributed by atoms with Crippen LogP contribution in [-0.4, -0.2) is 22.8 Å². The number of aromatic amines is 1. The molecule has 0 saturated heterocycles. The minimum Gasteiger partial charge on any atom is -0.454 e. The molecule has 5 heteroatoms. The molecule has 0 radical (unpaired) electrons. The molecule has 3 rings (SSSR count). The van der Waals surface area contributed by atoms with Gasteiger partial charge in [-0.3, -0.25) is 9.59 Å². The zero-order chi connectivity index (χ0) is 17.8. The van der Waals surface area contributed by atoms with E-state index in [0.717, 1.165) is 16.5 Å². The number of fused-ring (bicyclic) bond motifs is 1. The van der Waals surface area contributed by atoms with Gasteiger partial charge >= 0.3 is 5.97 Å². The maximum Gasteiger partial charge on any atom is 0.306 e. The number of esters is 1. The Balaban J connectivity index is 1.56. The predicted molar refractivity (Wildman–Crippen MR) is 92.9 cm³/mol. The van der Waals surface area contributed by atoms with Crippen molar-refractivity contribution in [1.82, 2.24) is 4.98 Å². The molecule has 1 atom stereocenters. The smallest absolute Gasteiger partial charge is 0.306 e. The Morgan fingerprint density at radius 1 is 1.12 bits per heavy atom. The van der Waals surface area contributed by atoms with E-state index in [1.807, 2.05) is 30.5 Å². The fourth-order valence-electron chi connectivity index (χ4n) is 2.73. The first-order valence-electron chi connectivity index (χ1n) is 8.09. The number of rotatable bonds is 6. The quantitative estimate of drug-likeness (QED) is 0.544. The number of aromatic nitrogens is 1. The Bertz CT molecular complexity index is 899. The van der Waals surface area contributed by atoms with Crippen LogP contribution in [0, 0.1) is 5.82 Å². The van der Waals surface area contributed by atoms with E-state index >= 15 is 0 Å². The summed E-state index contributed by atoms with van der Waals surface area (Å²) in [7, 11) is 0. The molecule has 0 aliphatic rings. The van der Waals surface area contributed by atoms with Crippen LogP contribution in [0.15, 0.2) is 54.7 Å². The fraction of sp³-hybridized carbons (Fsp3) is 0.200. The number of para-hydroxylation sites is 1. The molecule has 25 heavy (non-hydrogen) atoms. The third-order valence-electron chi connectivity index (χ3n) is 4.08. The highest BCUT2D eigenvalue weighted by Gasteiger charge is 2.19. The van der Waals surface area contributed by atoms with E-state index in [1.165, 1.54) is 31.2 Å². The van der Waals surface area contributed by atoms with Crippen LogP contribution in [0.4, 0.5) is 4.39 Å². The molecule has 0 aliphatic heterocycles. The van der Waals surface area contributed by atoms with Crippen LogP contribution in [0.5, 0.6) is 0 Å². The molecule has 1 heterocycles. The van der Waals surface area contributed by atoms with E-state index in [9.17, 15) is 14.0 Å². The highest BCUT2D eigenvalue weighted by molar-refractivity contribution is 6.00. The van der Waals surface area contributed by atoms with E-state index in [4.69, 9.17) is 4.74 Å². The van der Waals surface area contributed by atoms with Crippen molar-refractivity contribution in [3.8, 4) is 0 Å². The van der Waals surface area contributed by atoms with Gasteiger partial charge in [-0.1, -0.05) is 18.2 Å². The first kappa shape index (κ1) is 16.9. The van der Waals surface area contributed by atoms with Crippen LogP contribution < -0.4 is 0 Å². The van der Waals surface area contributed by atoms with Crippen molar-refractivity contribution in [3.05, 3.63) is 71.7 Å². The summed E-state index contributed by atoms with van der Waals surface area (Å²) < 4.78 is 18.1. The molecular formula is C20H18FNO3. The molecule has 0 fully saturated rings. The summed E-state index contributed by atoms with van der Waals surface area (Å²) >= 11 is 0. The number of hydrogen-bond donors (Lipinski definition) is 1. The van der Waals surface area contributed by atoms with Crippen LogP contribution in [0.2, 0.25) is 0 Å². The van der Waals surface area contributed by atoms with Crippen molar-refractivity contribution in [3.63, 3.8) is 0 Å². The zero-order valence-electron chi connectivity index (χ0n) is 13.8. The van der Waals surface area contributed by atoms with Crippen LogP contribution in [0.1, 0.15) is 29.3 Å². The van der Waals surface area contributed by atoms with Crippen molar-refractivity contribution >= 4 is 22.7 Å². The SMILES string of the molecule is C[C@H](OC(=O)CCc1c[nH]c2ccccc12)C(=O)c1ccc(F)cc1. The van der Waals surface area contributed by atoms with E-state index < -0.39 is 17.9 Å². The summed E-state index contributed by atoms with van der Waals surface area (Å²) in [5, 5.41) is 1.07. The van der Waals surface area contributed by atoms with Gasteiger partial charge in [0, 0.05) is 29.1 Å². The molecule has 4 nitrogen and oxygen atoms in total. The second-order valence-electron chi connectivity index (χ2n) is 5.86. The Hall–Kier alpha value is -2.95. The summed E-state index contributed by atoms with van der Waals surface area (Å²) in [6.45, 7) is 1.52. The number of carbonyl (C=O) groups excluding carboxylic acids is 2. The lowest BCUT2D eigenvalue weighted by molar-refractivity contribution is -0.146. The number of Topliss-reactive ketones (excluding diaryl/α,β-unsaturated/α-hetero) is 1. The van der Waals surface area contributed by atoms with Gasteiger partial charge in [-0.15, -0.1) is 0 Å². The summed E-state index contributed by atoms with van der Waals surface area (Å²) in [6, 6.07) is 13.0. The van der Waals surface area contributed by atoms with Crippen molar-refractivity contribution < 1.29 is 18.7 Å². The van der Waals surface area contributed by atoms with Crippen molar-refractivity contribution in [2.24, 2.45) is 0 Å². The highest BCUT2D eigenvalue weighted by Crippen LogP contribution is 2.19. The summed E-state index contributed by atoms with van der Waals surface area (Å²) in [5.74, 6) is -1.20. The third kappa shape index (κ3) is 3.94. The zero-order valence-corrected chi connectivity index (χ0v) is 13.8. The third-order valence-corrected chi connectivity index (χ3v) is 4.08. The lowest BCUT2D eigenvalue weighted by Gasteiger charge is -2.12. The van der Waals surface area contributed by atoms with Gasteiger partial charge in [0.05, 0.1) is 0 Å². The van der Waals surface area contributed by atoms with Gasteiger partial charge in [0.25, 0.3) is 0 Å². The number of H-pyrrole nitrogens is 1. The average molecular weight is 339 g/mol. The lowest BCUT2D eigenvalue weighted by Crippen LogP contribution is -2.24.